The molecule has 0 fully saturated rings. The lowest BCUT2D eigenvalue weighted by Gasteiger charge is -2.03. The molecule has 1 heterocycles. The molecule has 0 spiro atoms. The standard InChI is InChI=1S/C8H15N5OS.HI/c1-6-7(15-13-12-6)5-11-8(9)10-3-4-14-2;/h3-5H2,1-2H3,(H3,9,10,11);1H. The van der Waals surface area contributed by atoms with Gasteiger partial charge < -0.3 is 15.8 Å². The van der Waals surface area contributed by atoms with E-state index < -0.39 is 0 Å². The van der Waals surface area contributed by atoms with Crippen LogP contribution in [0.5, 0.6) is 0 Å². The maximum absolute atomic E-state index is 5.63. The molecule has 0 radical (unpaired) electrons. The molecule has 0 amide bonds. The minimum atomic E-state index is 0. The van der Waals surface area contributed by atoms with E-state index >= 15 is 0 Å². The Kier molecular flexibility index (Phi) is 8.39. The van der Waals surface area contributed by atoms with E-state index in [9.17, 15) is 0 Å². The van der Waals surface area contributed by atoms with Crippen molar-refractivity contribution >= 4 is 41.5 Å². The number of nitrogens with two attached hydrogens (primary N) is 1. The largest absolute Gasteiger partial charge is 0.383 e. The summed E-state index contributed by atoms with van der Waals surface area (Å²) in [5, 5.41) is 6.82. The van der Waals surface area contributed by atoms with Crippen LogP contribution in [0.15, 0.2) is 4.99 Å². The van der Waals surface area contributed by atoms with Gasteiger partial charge in [-0.05, 0) is 18.5 Å². The quantitative estimate of drug-likeness (QED) is 0.347. The molecule has 0 saturated carbocycles. The molecule has 0 aliphatic rings. The number of halogens is 1. The van der Waals surface area contributed by atoms with Crippen molar-refractivity contribution in [2.45, 2.75) is 13.5 Å². The fourth-order valence-electron chi connectivity index (χ4n) is 0.890. The van der Waals surface area contributed by atoms with Gasteiger partial charge in [0, 0.05) is 13.7 Å². The SMILES string of the molecule is COCCNC(N)=NCc1snnc1C.I. The lowest BCUT2D eigenvalue weighted by Crippen LogP contribution is -2.34. The maximum Gasteiger partial charge on any atom is 0.189 e. The smallest absolute Gasteiger partial charge is 0.189 e. The second-order valence-corrected chi connectivity index (χ2v) is 3.74. The van der Waals surface area contributed by atoms with Gasteiger partial charge in [0.1, 0.15) is 0 Å². The molecule has 1 aromatic heterocycles. The zero-order valence-corrected chi connectivity index (χ0v) is 12.4. The van der Waals surface area contributed by atoms with Crippen LogP contribution in [0, 0.1) is 6.92 Å². The Morgan fingerprint density at radius 2 is 2.38 bits per heavy atom. The summed E-state index contributed by atoms with van der Waals surface area (Å²) in [7, 11) is 1.64. The van der Waals surface area contributed by atoms with Gasteiger partial charge in [-0.2, -0.15) is 0 Å². The Hall–Kier alpha value is -0.480. The molecule has 0 aliphatic carbocycles. The molecule has 0 atom stereocenters. The van der Waals surface area contributed by atoms with E-state index in [4.69, 9.17) is 10.5 Å². The third-order valence-electron chi connectivity index (χ3n) is 1.75. The summed E-state index contributed by atoms with van der Waals surface area (Å²) in [6.07, 6.45) is 0. The first-order valence-corrected chi connectivity index (χ1v) is 5.32. The number of hydrogen-bond donors (Lipinski definition) is 2. The molecule has 3 N–H and O–H groups in total. The molecule has 8 heteroatoms. The zero-order chi connectivity index (χ0) is 11.1. The van der Waals surface area contributed by atoms with Crippen molar-refractivity contribution < 1.29 is 4.74 Å². The number of nitrogens with zero attached hydrogens (tertiary/aromatic N) is 3. The molecule has 16 heavy (non-hydrogen) atoms. The minimum absolute atomic E-state index is 0. The first-order chi connectivity index (χ1) is 7.24. The number of rotatable bonds is 5. The average Bonchev–Trinajstić information content (AvgIpc) is 2.61. The minimum Gasteiger partial charge on any atom is -0.383 e. The normalized spacial score (nSPS) is 11.0. The number of aliphatic imine (C=N–C) groups is 1. The third kappa shape index (κ3) is 5.56. The summed E-state index contributed by atoms with van der Waals surface area (Å²) in [5.74, 6) is 0.417. The fraction of sp³-hybridized carbons (Fsp3) is 0.625. The molecule has 0 aliphatic heterocycles. The van der Waals surface area contributed by atoms with E-state index in [1.54, 1.807) is 7.11 Å². The van der Waals surface area contributed by atoms with E-state index in [1.165, 1.54) is 11.5 Å². The number of methoxy groups -OCH3 is 1. The Labute approximate surface area is 116 Å². The lowest BCUT2D eigenvalue weighted by atomic mass is 10.4. The van der Waals surface area contributed by atoms with Crippen LogP contribution in [-0.4, -0.2) is 35.8 Å². The number of guanidine groups is 1. The van der Waals surface area contributed by atoms with Crippen LogP contribution in [0.1, 0.15) is 10.6 Å². The summed E-state index contributed by atoms with van der Waals surface area (Å²) < 4.78 is 8.69. The van der Waals surface area contributed by atoms with Crippen LogP contribution in [0.25, 0.3) is 0 Å². The molecular formula is C8H16IN5OS. The Morgan fingerprint density at radius 1 is 1.62 bits per heavy atom. The van der Waals surface area contributed by atoms with Gasteiger partial charge >= 0.3 is 0 Å². The Morgan fingerprint density at radius 3 is 2.94 bits per heavy atom. The van der Waals surface area contributed by atoms with Crippen molar-refractivity contribution in [3.05, 3.63) is 10.6 Å². The third-order valence-corrected chi connectivity index (χ3v) is 2.56. The van der Waals surface area contributed by atoms with Crippen LogP contribution in [0.2, 0.25) is 0 Å². The van der Waals surface area contributed by atoms with Gasteiger partial charge in [0.05, 0.1) is 23.7 Å². The molecule has 0 aromatic carbocycles. The van der Waals surface area contributed by atoms with Crippen LogP contribution in [0.3, 0.4) is 0 Å². The van der Waals surface area contributed by atoms with Gasteiger partial charge in [0.2, 0.25) is 0 Å². The Bertz CT molecular complexity index is 330. The van der Waals surface area contributed by atoms with Crippen molar-refractivity contribution in [1.82, 2.24) is 14.9 Å². The topological polar surface area (TPSA) is 85.4 Å². The Balaban J connectivity index is 0.00000225. The number of hydrogen-bond acceptors (Lipinski definition) is 5. The second-order valence-electron chi connectivity index (χ2n) is 2.90. The summed E-state index contributed by atoms with van der Waals surface area (Å²) >= 11 is 1.34. The van der Waals surface area contributed by atoms with Crippen LogP contribution >= 0.6 is 35.5 Å². The van der Waals surface area contributed by atoms with Crippen LogP contribution < -0.4 is 11.1 Å². The van der Waals surface area contributed by atoms with Gasteiger partial charge in [-0.25, -0.2) is 4.99 Å². The van der Waals surface area contributed by atoms with Crippen molar-refractivity contribution in [1.29, 1.82) is 0 Å². The highest BCUT2D eigenvalue weighted by Crippen LogP contribution is 2.09. The monoisotopic (exact) mass is 357 g/mol. The summed E-state index contributed by atoms with van der Waals surface area (Å²) in [6, 6.07) is 0. The van der Waals surface area contributed by atoms with Crippen molar-refractivity contribution in [2.24, 2.45) is 10.7 Å². The molecule has 6 nitrogen and oxygen atoms in total. The predicted molar refractivity (Wildman–Crippen MR) is 75.3 cm³/mol. The molecule has 0 unspecified atom stereocenters. The summed E-state index contributed by atoms with van der Waals surface area (Å²) in [5.41, 5.74) is 6.54. The summed E-state index contributed by atoms with van der Waals surface area (Å²) in [4.78, 5) is 5.19. The van der Waals surface area contributed by atoms with Gasteiger partial charge in [-0.1, -0.05) is 4.49 Å². The number of aryl methyl sites for hydroxylation is 1. The highest BCUT2D eigenvalue weighted by Gasteiger charge is 2.01. The summed E-state index contributed by atoms with van der Waals surface area (Å²) in [6.45, 7) is 3.70. The molecule has 92 valence electrons. The zero-order valence-electron chi connectivity index (χ0n) is 9.27. The number of ether oxygens (including phenoxy) is 1. The lowest BCUT2D eigenvalue weighted by molar-refractivity contribution is 0.204. The van der Waals surface area contributed by atoms with Crippen LogP contribution in [-0.2, 0) is 11.3 Å². The van der Waals surface area contributed by atoms with Crippen LogP contribution in [0.4, 0.5) is 0 Å². The van der Waals surface area contributed by atoms with Gasteiger partial charge in [0.25, 0.3) is 0 Å². The molecule has 1 aromatic rings. The first-order valence-electron chi connectivity index (χ1n) is 4.54. The van der Waals surface area contributed by atoms with Crippen molar-refractivity contribution in [3.63, 3.8) is 0 Å². The van der Waals surface area contributed by atoms with Gasteiger partial charge in [-0.3, -0.25) is 0 Å². The van der Waals surface area contributed by atoms with Gasteiger partial charge in [-0.15, -0.1) is 29.1 Å². The van der Waals surface area contributed by atoms with E-state index in [0.717, 1.165) is 10.6 Å². The highest BCUT2D eigenvalue weighted by molar-refractivity contribution is 14.0. The number of aromatic nitrogens is 2. The highest BCUT2D eigenvalue weighted by atomic mass is 127. The maximum atomic E-state index is 5.63. The van der Waals surface area contributed by atoms with Crippen molar-refractivity contribution in [2.75, 3.05) is 20.3 Å². The number of nitrogens with one attached hydrogen (secondary N) is 1. The molecule has 0 bridgehead atoms. The van der Waals surface area contributed by atoms with E-state index in [-0.39, 0.29) is 24.0 Å². The van der Waals surface area contributed by atoms with E-state index in [0.29, 0.717) is 25.7 Å². The van der Waals surface area contributed by atoms with E-state index in [2.05, 4.69) is 19.9 Å². The average molecular weight is 357 g/mol. The fourth-order valence-corrected chi connectivity index (χ4v) is 1.45. The first kappa shape index (κ1) is 15.5. The van der Waals surface area contributed by atoms with Crippen molar-refractivity contribution in [3.8, 4) is 0 Å². The van der Waals surface area contributed by atoms with Gasteiger partial charge in [0.15, 0.2) is 5.96 Å². The molecule has 1 rings (SSSR count). The molecule has 0 saturated heterocycles. The predicted octanol–water partition coefficient (Wildman–Crippen LogP) is 0.515. The van der Waals surface area contributed by atoms with E-state index in [1.807, 2.05) is 6.92 Å². The molecular weight excluding hydrogens is 341 g/mol. The second kappa shape index (κ2) is 8.65.